The lowest BCUT2D eigenvalue weighted by Gasteiger charge is -2.17. The molecule has 1 aliphatic heterocycles. The largest absolute Gasteiger partial charge is 0.497 e. The van der Waals surface area contributed by atoms with Gasteiger partial charge < -0.3 is 10.1 Å². The molecular weight excluding hydrogens is 328 g/mol. The van der Waals surface area contributed by atoms with Crippen LogP contribution in [0.4, 0.5) is 11.4 Å². The average Bonchev–Trinajstić information content (AvgIpc) is 2.98. The Kier molecular flexibility index (Phi) is 4.19. The summed E-state index contributed by atoms with van der Waals surface area (Å²) in [6.45, 7) is 0.414. The van der Waals surface area contributed by atoms with Crippen molar-refractivity contribution in [3.05, 3.63) is 53.6 Å². The van der Waals surface area contributed by atoms with Crippen molar-refractivity contribution in [2.45, 2.75) is 6.42 Å². The van der Waals surface area contributed by atoms with E-state index in [1.165, 1.54) is 10.6 Å². The molecule has 0 saturated heterocycles. The molecule has 7 heteroatoms. The Labute approximate surface area is 141 Å². The van der Waals surface area contributed by atoms with Gasteiger partial charge >= 0.3 is 0 Å². The van der Waals surface area contributed by atoms with E-state index in [0.29, 0.717) is 35.7 Å². The summed E-state index contributed by atoms with van der Waals surface area (Å²) in [5.41, 5.74) is 2.57. The molecule has 0 saturated carbocycles. The van der Waals surface area contributed by atoms with Gasteiger partial charge in [-0.3, -0.25) is 9.10 Å². The number of ether oxygens (including phenoxy) is 1. The van der Waals surface area contributed by atoms with Crippen molar-refractivity contribution in [3.8, 4) is 5.75 Å². The molecule has 2 aromatic carbocycles. The van der Waals surface area contributed by atoms with Crippen molar-refractivity contribution in [1.82, 2.24) is 0 Å². The molecule has 6 nitrogen and oxygen atoms in total. The molecule has 2 aromatic rings. The van der Waals surface area contributed by atoms with Crippen molar-refractivity contribution < 1.29 is 17.9 Å². The number of nitrogens with zero attached hydrogens (tertiary/aromatic N) is 1. The second kappa shape index (κ2) is 6.16. The first-order valence-electron chi connectivity index (χ1n) is 7.44. The molecule has 0 bridgehead atoms. The van der Waals surface area contributed by atoms with Gasteiger partial charge in [0.25, 0.3) is 5.91 Å². The number of hydrogen-bond donors (Lipinski definition) is 1. The molecule has 1 heterocycles. The highest BCUT2D eigenvalue weighted by Crippen LogP contribution is 2.31. The van der Waals surface area contributed by atoms with Gasteiger partial charge in [0.15, 0.2) is 0 Å². The smallest absolute Gasteiger partial charge is 0.255 e. The van der Waals surface area contributed by atoms with Crippen molar-refractivity contribution in [1.29, 1.82) is 0 Å². The quantitative estimate of drug-likeness (QED) is 0.921. The highest BCUT2D eigenvalue weighted by molar-refractivity contribution is 7.92. The van der Waals surface area contributed by atoms with Crippen molar-refractivity contribution in [2.75, 3.05) is 29.5 Å². The topological polar surface area (TPSA) is 75.7 Å². The summed E-state index contributed by atoms with van der Waals surface area (Å²) in [4.78, 5) is 12.4. The molecule has 0 spiro atoms. The molecule has 24 heavy (non-hydrogen) atoms. The molecule has 1 N–H and O–H groups in total. The number of nitrogens with one attached hydrogen (secondary N) is 1. The van der Waals surface area contributed by atoms with Crippen LogP contribution in [0.15, 0.2) is 42.5 Å². The van der Waals surface area contributed by atoms with E-state index in [2.05, 4.69) is 5.32 Å². The number of benzene rings is 2. The summed E-state index contributed by atoms with van der Waals surface area (Å²) >= 11 is 0. The molecule has 0 atom stereocenters. The van der Waals surface area contributed by atoms with Crippen LogP contribution in [-0.4, -0.2) is 34.2 Å². The Hall–Kier alpha value is -2.54. The van der Waals surface area contributed by atoms with Gasteiger partial charge in [-0.05, 0) is 48.4 Å². The van der Waals surface area contributed by atoms with Gasteiger partial charge in [-0.1, -0.05) is 6.07 Å². The number of carbonyl (C=O) groups is 1. The summed E-state index contributed by atoms with van der Waals surface area (Å²) < 4.78 is 30.1. The van der Waals surface area contributed by atoms with Gasteiger partial charge in [-0.2, -0.15) is 0 Å². The molecule has 0 aromatic heterocycles. The second-order valence-corrected chi connectivity index (χ2v) is 7.52. The van der Waals surface area contributed by atoms with E-state index in [1.54, 1.807) is 43.5 Å². The van der Waals surface area contributed by atoms with Gasteiger partial charge in [-0.15, -0.1) is 0 Å². The Morgan fingerprint density at radius 3 is 2.50 bits per heavy atom. The molecule has 126 valence electrons. The molecule has 0 aliphatic carbocycles. The summed E-state index contributed by atoms with van der Waals surface area (Å²) in [5.74, 6) is 0.414. The number of amides is 1. The zero-order chi connectivity index (χ0) is 17.3. The van der Waals surface area contributed by atoms with E-state index in [1.807, 2.05) is 6.07 Å². The standard InChI is InChI=1S/C17H18N2O4S/c1-23-15-7-5-14(6-8-15)18-17(20)13-4-3-12-9-10-19(16(12)11-13)24(2,21)22/h3-8,11H,9-10H2,1-2H3,(H,18,20). The van der Waals surface area contributed by atoms with Crippen LogP contribution in [0.5, 0.6) is 5.75 Å². The minimum absolute atomic E-state index is 0.289. The van der Waals surface area contributed by atoms with Crippen molar-refractivity contribution >= 4 is 27.3 Å². The van der Waals surface area contributed by atoms with Crippen molar-refractivity contribution in [3.63, 3.8) is 0 Å². The maximum atomic E-state index is 12.4. The molecule has 0 radical (unpaired) electrons. The predicted octanol–water partition coefficient (Wildman–Crippen LogP) is 2.27. The Bertz CT molecular complexity index is 876. The summed E-state index contributed by atoms with van der Waals surface area (Å²) in [7, 11) is -1.76. The fraction of sp³-hybridized carbons (Fsp3) is 0.235. The lowest BCUT2D eigenvalue weighted by atomic mass is 10.1. The maximum absolute atomic E-state index is 12.4. The third-order valence-electron chi connectivity index (χ3n) is 3.95. The second-order valence-electron chi connectivity index (χ2n) is 5.61. The molecule has 0 fully saturated rings. The van der Waals surface area contributed by atoms with Gasteiger partial charge in [0, 0.05) is 17.8 Å². The van der Waals surface area contributed by atoms with Crippen LogP contribution in [0.25, 0.3) is 0 Å². The number of rotatable bonds is 4. The number of anilines is 2. The van der Waals surface area contributed by atoms with Crippen LogP contribution >= 0.6 is 0 Å². The zero-order valence-electron chi connectivity index (χ0n) is 13.4. The summed E-state index contributed by atoms with van der Waals surface area (Å²) in [6.07, 6.45) is 1.83. The third kappa shape index (κ3) is 3.21. The van der Waals surface area contributed by atoms with Crippen LogP contribution in [0.1, 0.15) is 15.9 Å². The minimum Gasteiger partial charge on any atom is -0.497 e. The van der Waals surface area contributed by atoms with Crippen LogP contribution in [0.2, 0.25) is 0 Å². The van der Waals surface area contributed by atoms with E-state index in [9.17, 15) is 13.2 Å². The monoisotopic (exact) mass is 346 g/mol. The van der Waals surface area contributed by atoms with Crippen LogP contribution < -0.4 is 14.4 Å². The van der Waals surface area contributed by atoms with Crippen LogP contribution in [0, 0.1) is 0 Å². The number of methoxy groups -OCH3 is 1. The number of carbonyl (C=O) groups excluding carboxylic acids is 1. The lowest BCUT2D eigenvalue weighted by Crippen LogP contribution is -2.27. The van der Waals surface area contributed by atoms with Crippen molar-refractivity contribution in [2.24, 2.45) is 0 Å². The van der Waals surface area contributed by atoms with E-state index >= 15 is 0 Å². The Balaban J connectivity index is 1.83. The van der Waals surface area contributed by atoms with Gasteiger partial charge in [0.05, 0.1) is 19.1 Å². The maximum Gasteiger partial charge on any atom is 0.255 e. The number of fused-ring (bicyclic) bond motifs is 1. The first-order valence-corrected chi connectivity index (χ1v) is 9.29. The fourth-order valence-electron chi connectivity index (χ4n) is 2.71. The molecular formula is C17H18N2O4S. The van der Waals surface area contributed by atoms with Crippen LogP contribution in [0.3, 0.4) is 0 Å². The van der Waals surface area contributed by atoms with Gasteiger partial charge in [0.2, 0.25) is 10.0 Å². The van der Waals surface area contributed by atoms with Gasteiger partial charge in [-0.25, -0.2) is 8.42 Å². The molecule has 0 unspecified atom stereocenters. The number of hydrogen-bond acceptors (Lipinski definition) is 4. The highest BCUT2D eigenvalue weighted by Gasteiger charge is 2.27. The first-order chi connectivity index (χ1) is 11.4. The normalized spacial score (nSPS) is 13.5. The molecule has 1 amide bonds. The lowest BCUT2D eigenvalue weighted by molar-refractivity contribution is 0.102. The minimum atomic E-state index is -3.34. The highest BCUT2D eigenvalue weighted by atomic mass is 32.2. The van der Waals surface area contributed by atoms with E-state index in [-0.39, 0.29) is 5.91 Å². The average molecular weight is 346 g/mol. The van der Waals surface area contributed by atoms with Gasteiger partial charge in [0.1, 0.15) is 5.75 Å². The Morgan fingerprint density at radius 2 is 1.88 bits per heavy atom. The zero-order valence-corrected chi connectivity index (χ0v) is 14.3. The predicted molar refractivity (Wildman–Crippen MR) is 93.3 cm³/mol. The van der Waals surface area contributed by atoms with Crippen LogP contribution in [-0.2, 0) is 16.4 Å². The summed E-state index contributed by atoms with van der Waals surface area (Å²) in [5, 5.41) is 2.79. The first kappa shape index (κ1) is 16.3. The van der Waals surface area contributed by atoms with E-state index < -0.39 is 10.0 Å². The fourth-order valence-corrected chi connectivity index (χ4v) is 3.66. The molecule has 1 aliphatic rings. The van der Waals surface area contributed by atoms with E-state index in [4.69, 9.17) is 4.74 Å². The number of sulfonamides is 1. The Morgan fingerprint density at radius 1 is 1.17 bits per heavy atom. The van der Waals surface area contributed by atoms with E-state index in [0.717, 1.165) is 5.56 Å². The summed E-state index contributed by atoms with van der Waals surface area (Å²) in [6, 6.07) is 12.1. The SMILES string of the molecule is COc1ccc(NC(=O)c2ccc3c(c2)N(S(C)(=O)=O)CC3)cc1. The molecule has 3 rings (SSSR count). The third-order valence-corrected chi connectivity index (χ3v) is 5.13.